The van der Waals surface area contributed by atoms with Crippen LogP contribution in [0.4, 0.5) is 10.1 Å². The molecule has 0 radical (unpaired) electrons. The van der Waals surface area contributed by atoms with Crippen LogP contribution in [0.15, 0.2) is 17.1 Å². The van der Waals surface area contributed by atoms with Crippen molar-refractivity contribution >= 4 is 22.6 Å². The Morgan fingerprint density at radius 1 is 0.792 bits per heavy atom. The van der Waals surface area contributed by atoms with Crippen LogP contribution in [-0.2, 0) is 4.74 Å². The van der Waals surface area contributed by atoms with E-state index in [1.54, 1.807) is 13.3 Å². The number of fused-ring (bicyclic) bond motifs is 1. The van der Waals surface area contributed by atoms with E-state index in [-0.39, 0.29) is 23.6 Å². The zero-order valence-electron chi connectivity index (χ0n) is 30.5. The standard InChI is InChI=1S/C40H64FN3O4/c1-4-6-8-10-12-14-16-18-20-24-42-25-27-43(28-26-42)37-35(41)30-33-36(39(37)47-3)44(32-22-23-32)31-34(38(33)45)40(46)48-29-21-19-17-15-13-11-9-7-5-2/h30-32H,4-29H2,1-3H3. The van der Waals surface area contributed by atoms with Crippen LogP contribution in [0, 0.1) is 5.82 Å². The van der Waals surface area contributed by atoms with E-state index in [0.717, 1.165) is 51.7 Å². The molecule has 1 saturated carbocycles. The lowest BCUT2D eigenvalue weighted by Crippen LogP contribution is -2.47. The van der Waals surface area contributed by atoms with Crippen molar-refractivity contribution in [1.29, 1.82) is 0 Å². The van der Waals surface area contributed by atoms with Gasteiger partial charge in [0.25, 0.3) is 0 Å². The number of benzene rings is 1. The lowest BCUT2D eigenvalue weighted by Gasteiger charge is -2.37. The predicted octanol–water partition coefficient (Wildman–Crippen LogP) is 9.82. The number of hydrogen-bond acceptors (Lipinski definition) is 6. The van der Waals surface area contributed by atoms with Gasteiger partial charge in [-0.25, -0.2) is 9.18 Å². The van der Waals surface area contributed by atoms with E-state index in [2.05, 4.69) is 23.6 Å². The number of hydrogen-bond donors (Lipinski definition) is 0. The number of piperazine rings is 1. The summed E-state index contributed by atoms with van der Waals surface area (Å²) in [5, 5.41) is 0.182. The molecule has 1 aliphatic carbocycles. The Hall–Kier alpha value is -2.61. The van der Waals surface area contributed by atoms with Crippen LogP contribution < -0.4 is 15.1 Å². The number of unbranched alkanes of at least 4 members (excludes halogenated alkanes) is 16. The second-order valence-electron chi connectivity index (χ2n) is 14.3. The molecule has 0 unspecified atom stereocenters. The summed E-state index contributed by atoms with van der Waals surface area (Å²) >= 11 is 0. The number of carbonyl (C=O) groups excluding carboxylic acids is 1. The molecule has 8 heteroatoms. The molecule has 0 atom stereocenters. The Morgan fingerprint density at radius 2 is 1.33 bits per heavy atom. The molecular weight excluding hydrogens is 605 g/mol. The van der Waals surface area contributed by atoms with E-state index in [9.17, 15) is 9.59 Å². The topological polar surface area (TPSA) is 64.0 Å². The van der Waals surface area contributed by atoms with Crippen LogP contribution in [0.3, 0.4) is 0 Å². The van der Waals surface area contributed by atoms with Crippen molar-refractivity contribution in [2.24, 2.45) is 0 Å². The fourth-order valence-corrected chi connectivity index (χ4v) is 7.21. The van der Waals surface area contributed by atoms with Gasteiger partial charge in [0.1, 0.15) is 11.3 Å². The Labute approximate surface area is 289 Å². The number of aromatic nitrogens is 1. The van der Waals surface area contributed by atoms with Crippen LogP contribution >= 0.6 is 0 Å². The van der Waals surface area contributed by atoms with Gasteiger partial charge in [-0.1, -0.05) is 117 Å². The molecule has 7 nitrogen and oxygen atoms in total. The number of anilines is 1. The van der Waals surface area contributed by atoms with E-state index in [4.69, 9.17) is 9.47 Å². The van der Waals surface area contributed by atoms with Crippen LogP contribution in [0.25, 0.3) is 10.9 Å². The van der Waals surface area contributed by atoms with E-state index in [1.807, 2.05) is 4.57 Å². The van der Waals surface area contributed by atoms with Crippen molar-refractivity contribution in [3.05, 3.63) is 33.9 Å². The zero-order chi connectivity index (χ0) is 34.1. The van der Waals surface area contributed by atoms with E-state index in [1.165, 1.54) is 102 Å². The number of rotatable bonds is 24. The van der Waals surface area contributed by atoms with Gasteiger partial charge in [0.05, 0.1) is 24.6 Å². The normalized spacial score (nSPS) is 15.4. The highest BCUT2D eigenvalue weighted by Crippen LogP contribution is 2.44. The summed E-state index contributed by atoms with van der Waals surface area (Å²) in [7, 11) is 1.55. The molecule has 1 aromatic heterocycles. The first-order valence-electron chi connectivity index (χ1n) is 19.6. The highest BCUT2D eigenvalue weighted by atomic mass is 19.1. The quantitative estimate of drug-likeness (QED) is 0.0819. The number of carbonyl (C=O) groups is 1. The predicted molar refractivity (Wildman–Crippen MR) is 196 cm³/mol. The molecule has 2 heterocycles. The van der Waals surface area contributed by atoms with E-state index in [0.29, 0.717) is 30.0 Å². The second kappa shape index (κ2) is 20.8. The van der Waals surface area contributed by atoms with Gasteiger partial charge in [0.2, 0.25) is 5.43 Å². The van der Waals surface area contributed by atoms with Crippen molar-refractivity contribution < 1.29 is 18.7 Å². The Balaban J connectivity index is 1.34. The minimum atomic E-state index is -0.623. The zero-order valence-corrected chi connectivity index (χ0v) is 30.5. The summed E-state index contributed by atoms with van der Waals surface area (Å²) in [6, 6.07) is 1.47. The average Bonchev–Trinajstić information content (AvgIpc) is 3.94. The van der Waals surface area contributed by atoms with E-state index >= 15 is 4.39 Å². The first-order chi connectivity index (χ1) is 23.5. The molecule has 1 aromatic carbocycles. The maximum absolute atomic E-state index is 16.0. The second-order valence-corrected chi connectivity index (χ2v) is 14.3. The van der Waals surface area contributed by atoms with Crippen LogP contribution in [-0.4, -0.2) is 61.9 Å². The lowest BCUT2D eigenvalue weighted by molar-refractivity contribution is 0.0495. The Bertz CT molecular complexity index is 1320. The number of pyridine rings is 1. The molecule has 270 valence electrons. The molecule has 0 N–H and O–H groups in total. The summed E-state index contributed by atoms with van der Waals surface area (Å²) < 4.78 is 29.4. The van der Waals surface area contributed by atoms with Gasteiger partial charge in [0.15, 0.2) is 11.6 Å². The Morgan fingerprint density at radius 3 is 1.88 bits per heavy atom. The van der Waals surface area contributed by atoms with E-state index < -0.39 is 17.2 Å². The molecule has 2 aliphatic rings. The van der Waals surface area contributed by atoms with Crippen LogP contribution in [0.5, 0.6) is 5.75 Å². The summed E-state index contributed by atoms with van der Waals surface area (Å²) in [5.41, 5.74) is 0.481. The summed E-state index contributed by atoms with van der Waals surface area (Å²) in [6.07, 6.45) is 26.0. The van der Waals surface area contributed by atoms with Crippen molar-refractivity contribution in [2.45, 2.75) is 148 Å². The maximum atomic E-state index is 16.0. The van der Waals surface area contributed by atoms with Gasteiger partial charge in [-0.3, -0.25) is 9.69 Å². The SMILES string of the molecule is CCCCCCCCCCCOC(=O)c1cn(C2CC2)c2c(OC)c(N3CCN(CCCCCCCCCCC)CC3)c(F)cc2c1=O. The first kappa shape index (κ1) is 38.2. The third-order valence-corrected chi connectivity index (χ3v) is 10.3. The number of ether oxygens (including phenoxy) is 2. The molecule has 1 saturated heterocycles. The van der Waals surface area contributed by atoms with Gasteiger partial charge in [-0.05, 0) is 38.3 Å². The van der Waals surface area contributed by atoms with Crippen LogP contribution in [0.1, 0.15) is 159 Å². The highest BCUT2D eigenvalue weighted by Gasteiger charge is 2.32. The molecular formula is C40H64FN3O4. The fourth-order valence-electron chi connectivity index (χ4n) is 7.21. The number of esters is 1. The lowest BCUT2D eigenvalue weighted by atomic mass is 10.1. The molecule has 2 fully saturated rings. The third-order valence-electron chi connectivity index (χ3n) is 10.3. The molecule has 2 aromatic rings. The Kier molecular flexibility index (Phi) is 16.6. The number of halogens is 1. The minimum Gasteiger partial charge on any atom is -0.492 e. The summed E-state index contributed by atoms with van der Waals surface area (Å²) in [4.78, 5) is 31.3. The number of methoxy groups -OCH3 is 1. The van der Waals surface area contributed by atoms with Gasteiger partial charge >= 0.3 is 5.97 Å². The smallest absolute Gasteiger partial charge is 0.343 e. The van der Waals surface area contributed by atoms with Crippen molar-refractivity contribution in [3.8, 4) is 5.75 Å². The van der Waals surface area contributed by atoms with Crippen LogP contribution in [0.2, 0.25) is 0 Å². The van der Waals surface area contributed by atoms with Crippen molar-refractivity contribution in [3.63, 3.8) is 0 Å². The van der Waals surface area contributed by atoms with Gasteiger partial charge in [-0.2, -0.15) is 0 Å². The summed E-state index contributed by atoms with van der Waals surface area (Å²) in [5.74, 6) is -0.718. The largest absolute Gasteiger partial charge is 0.492 e. The fraction of sp³-hybridized carbons (Fsp3) is 0.750. The highest BCUT2D eigenvalue weighted by molar-refractivity contribution is 5.97. The molecule has 4 rings (SSSR count). The molecule has 0 bridgehead atoms. The van der Waals surface area contributed by atoms with Gasteiger partial charge in [-0.15, -0.1) is 0 Å². The minimum absolute atomic E-state index is 0.0235. The van der Waals surface area contributed by atoms with Crippen molar-refractivity contribution in [1.82, 2.24) is 9.47 Å². The molecule has 0 amide bonds. The number of nitrogens with zero attached hydrogens (tertiary/aromatic N) is 3. The third kappa shape index (κ3) is 11.2. The first-order valence-corrected chi connectivity index (χ1v) is 19.6. The average molecular weight is 670 g/mol. The summed E-state index contributed by atoms with van der Waals surface area (Å²) in [6.45, 7) is 9.01. The molecule has 1 aliphatic heterocycles. The van der Waals surface area contributed by atoms with Gasteiger partial charge in [0, 0.05) is 38.4 Å². The monoisotopic (exact) mass is 669 g/mol. The molecule has 0 spiro atoms. The van der Waals surface area contributed by atoms with Crippen molar-refractivity contribution in [2.75, 3.05) is 51.3 Å². The molecule has 48 heavy (non-hydrogen) atoms. The van der Waals surface area contributed by atoms with Gasteiger partial charge < -0.3 is 18.9 Å². The maximum Gasteiger partial charge on any atom is 0.343 e.